The molecule has 0 aromatic carbocycles. The topological polar surface area (TPSA) is 74.7 Å². The van der Waals surface area contributed by atoms with E-state index in [0.717, 1.165) is 6.26 Å². The van der Waals surface area contributed by atoms with Gasteiger partial charge in [-0.2, -0.15) is 0 Å². The molecule has 5 nitrogen and oxygen atoms in total. The largest absolute Gasteiger partial charge is 0.481 e. The molecule has 0 amide bonds. The maximum atomic E-state index is 11.0. The van der Waals surface area contributed by atoms with E-state index in [1.54, 1.807) is 13.8 Å². The zero-order chi connectivity index (χ0) is 11.1. The van der Waals surface area contributed by atoms with Gasteiger partial charge in [0.1, 0.15) is 0 Å². The Morgan fingerprint density at radius 2 is 1.86 bits per heavy atom. The van der Waals surface area contributed by atoms with E-state index in [-0.39, 0.29) is 5.92 Å². The van der Waals surface area contributed by atoms with Crippen LogP contribution < -0.4 is 0 Å². The van der Waals surface area contributed by atoms with E-state index in [4.69, 9.17) is 5.11 Å². The molecule has 0 radical (unpaired) electrons. The van der Waals surface area contributed by atoms with Crippen LogP contribution in [0.15, 0.2) is 0 Å². The molecule has 0 aliphatic carbocycles. The normalized spacial score (nSPS) is 20.5. The van der Waals surface area contributed by atoms with Crippen molar-refractivity contribution in [3.05, 3.63) is 0 Å². The van der Waals surface area contributed by atoms with Crippen LogP contribution in [0.5, 0.6) is 0 Å². The third-order valence-corrected chi connectivity index (χ3v) is 4.13. The number of hydrogen-bond donors (Lipinski definition) is 1. The molecule has 6 heteroatoms. The fourth-order valence-electron chi connectivity index (χ4n) is 1.34. The molecule has 82 valence electrons. The SMILES string of the molecule is CC(C)(C(=O)O)C1CN(S(C)(=O)=O)C1. The molecule has 1 rings (SSSR count). The molecule has 14 heavy (non-hydrogen) atoms. The van der Waals surface area contributed by atoms with E-state index < -0.39 is 21.4 Å². The van der Waals surface area contributed by atoms with Gasteiger partial charge in [-0.25, -0.2) is 12.7 Å². The lowest BCUT2D eigenvalue weighted by atomic mass is 9.75. The van der Waals surface area contributed by atoms with Crippen molar-refractivity contribution in [2.75, 3.05) is 19.3 Å². The molecule has 1 heterocycles. The van der Waals surface area contributed by atoms with Crippen LogP contribution in [0.2, 0.25) is 0 Å². The average molecular weight is 221 g/mol. The molecule has 1 aliphatic rings. The lowest BCUT2D eigenvalue weighted by molar-refractivity contribution is -0.152. The molecule has 0 unspecified atom stereocenters. The number of hydrogen-bond acceptors (Lipinski definition) is 3. The summed E-state index contributed by atoms with van der Waals surface area (Å²) in [6.07, 6.45) is 1.14. The van der Waals surface area contributed by atoms with E-state index in [1.165, 1.54) is 4.31 Å². The fraction of sp³-hybridized carbons (Fsp3) is 0.875. The predicted octanol–water partition coefficient (Wildman–Crippen LogP) is -0.0114. The van der Waals surface area contributed by atoms with E-state index >= 15 is 0 Å². The zero-order valence-electron chi connectivity index (χ0n) is 8.52. The maximum Gasteiger partial charge on any atom is 0.309 e. The first kappa shape index (κ1) is 11.5. The summed E-state index contributed by atoms with van der Waals surface area (Å²) < 4.78 is 23.4. The Labute approximate surface area is 83.8 Å². The Kier molecular flexibility index (Phi) is 2.62. The summed E-state index contributed by atoms with van der Waals surface area (Å²) in [6.45, 7) is 3.88. The second-order valence-electron chi connectivity index (χ2n) is 4.30. The summed E-state index contributed by atoms with van der Waals surface area (Å²) in [5.74, 6) is -0.967. The van der Waals surface area contributed by atoms with Crippen LogP contribution in [-0.2, 0) is 14.8 Å². The Morgan fingerprint density at radius 3 is 2.14 bits per heavy atom. The van der Waals surface area contributed by atoms with Gasteiger partial charge in [0.05, 0.1) is 11.7 Å². The number of rotatable bonds is 3. The van der Waals surface area contributed by atoms with Crippen molar-refractivity contribution in [2.24, 2.45) is 11.3 Å². The van der Waals surface area contributed by atoms with E-state index in [2.05, 4.69) is 0 Å². The minimum Gasteiger partial charge on any atom is -0.481 e. The van der Waals surface area contributed by atoms with Crippen LogP contribution in [0.1, 0.15) is 13.8 Å². The first-order chi connectivity index (χ1) is 6.15. The summed E-state index contributed by atoms with van der Waals surface area (Å²) in [6, 6.07) is 0. The number of aliphatic carboxylic acids is 1. The molecule has 0 atom stereocenters. The number of carboxylic acids is 1. The van der Waals surface area contributed by atoms with Crippen molar-refractivity contribution in [3.8, 4) is 0 Å². The molecule has 1 fully saturated rings. The second-order valence-corrected chi connectivity index (χ2v) is 6.29. The van der Waals surface area contributed by atoms with Gasteiger partial charge in [0.2, 0.25) is 10.0 Å². The van der Waals surface area contributed by atoms with E-state index in [9.17, 15) is 13.2 Å². The van der Waals surface area contributed by atoms with Gasteiger partial charge in [0, 0.05) is 19.0 Å². The van der Waals surface area contributed by atoms with Gasteiger partial charge in [-0.1, -0.05) is 0 Å². The monoisotopic (exact) mass is 221 g/mol. The highest BCUT2D eigenvalue weighted by Crippen LogP contribution is 2.35. The van der Waals surface area contributed by atoms with Crippen LogP contribution in [-0.4, -0.2) is 43.1 Å². The van der Waals surface area contributed by atoms with Crippen molar-refractivity contribution < 1.29 is 18.3 Å². The first-order valence-corrected chi connectivity index (χ1v) is 6.19. The molecule has 0 bridgehead atoms. The Balaban J connectivity index is 2.62. The van der Waals surface area contributed by atoms with Crippen LogP contribution in [0.25, 0.3) is 0 Å². The highest BCUT2D eigenvalue weighted by molar-refractivity contribution is 7.88. The van der Waals surface area contributed by atoms with Gasteiger partial charge >= 0.3 is 5.97 Å². The quantitative estimate of drug-likeness (QED) is 0.727. The van der Waals surface area contributed by atoms with Crippen LogP contribution in [0, 0.1) is 11.3 Å². The molecule has 0 aromatic rings. The van der Waals surface area contributed by atoms with Crippen molar-refractivity contribution >= 4 is 16.0 Å². The number of sulfonamides is 1. The van der Waals surface area contributed by atoms with Gasteiger partial charge in [-0.3, -0.25) is 4.79 Å². The molecule has 1 aliphatic heterocycles. The van der Waals surface area contributed by atoms with Crippen molar-refractivity contribution in [1.82, 2.24) is 4.31 Å². The molecular weight excluding hydrogens is 206 g/mol. The van der Waals surface area contributed by atoms with Gasteiger partial charge < -0.3 is 5.11 Å². The van der Waals surface area contributed by atoms with Gasteiger partial charge in [0.15, 0.2) is 0 Å². The molecule has 1 saturated heterocycles. The van der Waals surface area contributed by atoms with E-state index in [0.29, 0.717) is 13.1 Å². The van der Waals surface area contributed by atoms with Crippen LogP contribution >= 0.6 is 0 Å². The van der Waals surface area contributed by atoms with Crippen LogP contribution in [0.3, 0.4) is 0 Å². The first-order valence-electron chi connectivity index (χ1n) is 4.34. The summed E-state index contributed by atoms with van der Waals surface area (Å²) in [5, 5.41) is 8.90. The van der Waals surface area contributed by atoms with Crippen molar-refractivity contribution in [2.45, 2.75) is 13.8 Å². The second kappa shape index (κ2) is 3.20. The number of nitrogens with zero attached hydrogens (tertiary/aromatic N) is 1. The minimum absolute atomic E-state index is 0.0882. The zero-order valence-corrected chi connectivity index (χ0v) is 9.34. The molecular formula is C8H15NO4S. The van der Waals surface area contributed by atoms with Crippen molar-refractivity contribution in [1.29, 1.82) is 0 Å². The van der Waals surface area contributed by atoms with E-state index in [1.807, 2.05) is 0 Å². The molecule has 0 aromatic heterocycles. The third-order valence-electron chi connectivity index (χ3n) is 2.89. The highest BCUT2D eigenvalue weighted by atomic mass is 32.2. The number of carboxylic acid groups (broad SMARTS) is 1. The summed E-state index contributed by atoms with van der Waals surface area (Å²) in [5.41, 5.74) is -0.846. The third kappa shape index (κ3) is 1.90. The van der Waals surface area contributed by atoms with Crippen LogP contribution in [0.4, 0.5) is 0 Å². The maximum absolute atomic E-state index is 11.0. The van der Waals surface area contributed by atoms with Crippen molar-refractivity contribution in [3.63, 3.8) is 0 Å². The Hall–Kier alpha value is -0.620. The highest BCUT2D eigenvalue weighted by Gasteiger charge is 2.46. The smallest absolute Gasteiger partial charge is 0.309 e. The van der Waals surface area contributed by atoms with Gasteiger partial charge in [0.25, 0.3) is 0 Å². The summed E-state index contributed by atoms with van der Waals surface area (Å²) >= 11 is 0. The van der Waals surface area contributed by atoms with Gasteiger partial charge in [-0.15, -0.1) is 0 Å². The fourth-order valence-corrected chi connectivity index (χ4v) is 2.24. The lowest BCUT2D eigenvalue weighted by Gasteiger charge is -2.44. The minimum atomic E-state index is -3.14. The molecule has 1 N–H and O–H groups in total. The Morgan fingerprint density at radius 1 is 1.43 bits per heavy atom. The lowest BCUT2D eigenvalue weighted by Crippen LogP contribution is -2.56. The predicted molar refractivity (Wildman–Crippen MR) is 51.3 cm³/mol. The summed E-state index contributed by atoms with van der Waals surface area (Å²) in [4.78, 5) is 10.8. The Bertz CT molecular complexity index is 340. The molecule has 0 spiro atoms. The van der Waals surface area contributed by atoms with Gasteiger partial charge in [-0.05, 0) is 13.8 Å². The number of carbonyl (C=O) groups is 1. The summed E-state index contributed by atoms with van der Waals surface area (Å²) in [7, 11) is -3.14. The molecule has 0 saturated carbocycles. The standard InChI is InChI=1S/C8H15NO4S/c1-8(2,7(10)11)6-4-9(5-6)14(3,12)13/h6H,4-5H2,1-3H3,(H,10,11). The average Bonchev–Trinajstić information content (AvgIpc) is 1.77.